The van der Waals surface area contributed by atoms with Crippen molar-refractivity contribution in [3.05, 3.63) is 65.2 Å². The standard InChI is InChI=1S/C23H25NO5/c1-3-28-20-10-8-17(14-21(20)27-2)9-11-23(26)29-16-22(25)24-13-12-18-6-4-5-7-19(18)15-24/h4-11,14H,3,12-13,15-16H2,1-2H3/b11-9+. The fraction of sp³-hybridized carbons (Fsp3) is 0.304. The quantitative estimate of drug-likeness (QED) is 0.532. The number of carbonyl (C=O) groups excluding carboxylic acids is 2. The first kappa shape index (κ1) is 20.5. The average molecular weight is 395 g/mol. The molecule has 0 saturated heterocycles. The van der Waals surface area contributed by atoms with Crippen LogP contribution < -0.4 is 9.47 Å². The van der Waals surface area contributed by atoms with Crippen LogP contribution in [0.25, 0.3) is 6.08 Å². The fourth-order valence-corrected chi connectivity index (χ4v) is 3.21. The fourth-order valence-electron chi connectivity index (χ4n) is 3.21. The van der Waals surface area contributed by atoms with E-state index < -0.39 is 5.97 Å². The van der Waals surface area contributed by atoms with Crippen LogP contribution in [0.3, 0.4) is 0 Å². The molecule has 0 N–H and O–H groups in total. The Hall–Kier alpha value is -3.28. The number of nitrogens with zero attached hydrogens (tertiary/aromatic N) is 1. The molecule has 0 unspecified atom stereocenters. The van der Waals surface area contributed by atoms with Crippen molar-refractivity contribution in [1.29, 1.82) is 0 Å². The lowest BCUT2D eigenvalue weighted by atomic mass is 10.00. The maximum Gasteiger partial charge on any atom is 0.331 e. The van der Waals surface area contributed by atoms with E-state index >= 15 is 0 Å². The summed E-state index contributed by atoms with van der Waals surface area (Å²) >= 11 is 0. The highest BCUT2D eigenvalue weighted by atomic mass is 16.5. The number of esters is 1. The first-order valence-electron chi connectivity index (χ1n) is 9.61. The Balaban J connectivity index is 1.51. The van der Waals surface area contributed by atoms with Crippen molar-refractivity contribution in [2.75, 3.05) is 26.9 Å². The zero-order valence-corrected chi connectivity index (χ0v) is 16.7. The van der Waals surface area contributed by atoms with E-state index in [1.165, 1.54) is 11.6 Å². The zero-order chi connectivity index (χ0) is 20.6. The molecule has 0 spiro atoms. The highest BCUT2D eigenvalue weighted by Crippen LogP contribution is 2.28. The Morgan fingerprint density at radius 3 is 2.66 bits per heavy atom. The van der Waals surface area contributed by atoms with Crippen LogP contribution in [-0.2, 0) is 27.3 Å². The van der Waals surface area contributed by atoms with Crippen LogP contribution in [0.15, 0.2) is 48.5 Å². The Morgan fingerprint density at radius 2 is 1.90 bits per heavy atom. The molecule has 0 saturated carbocycles. The molecule has 1 heterocycles. The first-order valence-corrected chi connectivity index (χ1v) is 9.61. The van der Waals surface area contributed by atoms with Crippen molar-refractivity contribution in [2.24, 2.45) is 0 Å². The molecule has 0 bridgehead atoms. The molecule has 0 aromatic heterocycles. The minimum atomic E-state index is -0.566. The van der Waals surface area contributed by atoms with Gasteiger partial charge in [-0.1, -0.05) is 30.3 Å². The van der Waals surface area contributed by atoms with Crippen LogP contribution in [0.4, 0.5) is 0 Å². The maximum absolute atomic E-state index is 12.4. The summed E-state index contributed by atoms with van der Waals surface area (Å²) < 4.78 is 15.9. The molecule has 0 fully saturated rings. The number of methoxy groups -OCH3 is 1. The van der Waals surface area contributed by atoms with Gasteiger partial charge in [0.15, 0.2) is 18.1 Å². The molecule has 29 heavy (non-hydrogen) atoms. The minimum Gasteiger partial charge on any atom is -0.493 e. The molecule has 6 heteroatoms. The van der Waals surface area contributed by atoms with Gasteiger partial charge in [0.05, 0.1) is 13.7 Å². The number of amides is 1. The molecule has 1 amide bonds. The number of hydrogen-bond donors (Lipinski definition) is 0. The number of rotatable bonds is 7. The third-order valence-corrected chi connectivity index (χ3v) is 4.72. The number of ether oxygens (including phenoxy) is 3. The number of hydrogen-bond acceptors (Lipinski definition) is 5. The van der Waals surface area contributed by atoms with Gasteiger partial charge in [0, 0.05) is 19.2 Å². The molecular formula is C23H25NO5. The van der Waals surface area contributed by atoms with Crippen LogP contribution in [0.5, 0.6) is 11.5 Å². The molecule has 6 nitrogen and oxygen atoms in total. The predicted molar refractivity (Wildman–Crippen MR) is 110 cm³/mol. The highest BCUT2D eigenvalue weighted by Gasteiger charge is 2.21. The van der Waals surface area contributed by atoms with Gasteiger partial charge >= 0.3 is 5.97 Å². The molecule has 0 radical (unpaired) electrons. The third-order valence-electron chi connectivity index (χ3n) is 4.72. The smallest absolute Gasteiger partial charge is 0.331 e. The molecule has 1 aliphatic heterocycles. The second-order valence-corrected chi connectivity index (χ2v) is 6.62. The molecule has 2 aromatic carbocycles. The summed E-state index contributed by atoms with van der Waals surface area (Å²) in [5, 5.41) is 0. The van der Waals surface area contributed by atoms with E-state index in [2.05, 4.69) is 6.07 Å². The maximum atomic E-state index is 12.4. The number of benzene rings is 2. The monoisotopic (exact) mass is 395 g/mol. The van der Waals surface area contributed by atoms with Crippen LogP contribution in [0.1, 0.15) is 23.6 Å². The van der Waals surface area contributed by atoms with E-state index in [1.54, 1.807) is 30.2 Å². The molecule has 3 rings (SSSR count). The second-order valence-electron chi connectivity index (χ2n) is 6.62. The van der Waals surface area contributed by atoms with E-state index in [0.717, 1.165) is 17.5 Å². The van der Waals surface area contributed by atoms with Gasteiger partial charge in [0.2, 0.25) is 0 Å². The molecule has 2 aromatic rings. The highest BCUT2D eigenvalue weighted by molar-refractivity contribution is 5.89. The van der Waals surface area contributed by atoms with Crippen molar-refractivity contribution in [3.63, 3.8) is 0 Å². The largest absolute Gasteiger partial charge is 0.493 e. The van der Waals surface area contributed by atoms with E-state index in [4.69, 9.17) is 14.2 Å². The van der Waals surface area contributed by atoms with Crippen molar-refractivity contribution in [2.45, 2.75) is 19.9 Å². The summed E-state index contributed by atoms with van der Waals surface area (Å²) in [6.45, 7) is 3.35. The van der Waals surface area contributed by atoms with Gasteiger partial charge in [-0.3, -0.25) is 4.79 Å². The second kappa shape index (κ2) is 9.78. The Kier molecular flexibility index (Phi) is 6.89. The Bertz CT molecular complexity index is 906. The predicted octanol–water partition coefficient (Wildman–Crippen LogP) is 3.24. The van der Waals surface area contributed by atoms with E-state index in [-0.39, 0.29) is 12.5 Å². The molecule has 0 atom stereocenters. The lowest BCUT2D eigenvalue weighted by Crippen LogP contribution is -2.38. The summed E-state index contributed by atoms with van der Waals surface area (Å²) in [6, 6.07) is 13.4. The first-order chi connectivity index (χ1) is 14.1. The van der Waals surface area contributed by atoms with Gasteiger partial charge in [-0.05, 0) is 48.2 Å². The Morgan fingerprint density at radius 1 is 1.10 bits per heavy atom. The van der Waals surface area contributed by atoms with Crippen LogP contribution in [-0.4, -0.2) is 43.6 Å². The van der Waals surface area contributed by atoms with Gasteiger partial charge in [0.25, 0.3) is 5.91 Å². The van der Waals surface area contributed by atoms with Gasteiger partial charge in [0.1, 0.15) is 0 Å². The Labute approximate surface area is 170 Å². The third kappa shape index (κ3) is 5.38. The summed E-state index contributed by atoms with van der Waals surface area (Å²) in [6.07, 6.45) is 3.73. The molecule has 152 valence electrons. The summed E-state index contributed by atoms with van der Waals surface area (Å²) in [7, 11) is 1.56. The van der Waals surface area contributed by atoms with Crippen molar-refractivity contribution < 1.29 is 23.8 Å². The normalized spacial score (nSPS) is 13.1. The van der Waals surface area contributed by atoms with Gasteiger partial charge in [-0.2, -0.15) is 0 Å². The lowest BCUT2D eigenvalue weighted by molar-refractivity contribution is -0.148. The van der Waals surface area contributed by atoms with E-state index in [0.29, 0.717) is 31.2 Å². The van der Waals surface area contributed by atoms with Gasteiger partial charge in [-0.25, -0.2) is 4.79 Å². The minimum absolute atomic E-state index is 0.191. The van der Waals surface area contributed by atoms with Crippen molar-refractivity contribution in [1.82, 2.24) is 4.90 Å². The number of fused-ring (bicyclic) bond motifs is 1. The summed E-state index contributed by atoms with van der Waals surface area (Å²) in [5.74, 6) is 0.471. The van der Waals surface area contributed by atoms with Gasteiger partial charge in [-0.15, -0.1) is 0 Å². The molecular weight excluding hydrogens is 370 g/mol. The van der Waals surface area contributed by atoms with Crippen LogP contribution >= 0.6 is 0 Å². The van der Waals surface area contributed by atoms with Crippen LogP contribution in [0.2, 0.25) is 0 Å². The van der Waals surface area contributed by atoms with Crippen LogP contribution in [0, 0.1) is 0 Å². The summed E-state index contributed by atoms with van der Waals surface area (Å²) in [4.78, 5) is 26.1. The number of carbonyl (C=O) groups is 2. The lowest BCUT2D eigenvalue weighted by Gasteiger charge is -2.28. The topological polar surface area (TPSA) is 65.1 Å². The van der Waals surface area contributed by atoms with Gasteiger partial charge < -0.3 is 19.1 Å². The van der Waals surface area contributed by atoms with E-state index in [9.17, 15) is 9.59 Å². The van der Waals surface area contributed by atoms with E-state index in [1.807, 2.05) is 31.2 Å². The average Bonchev–Trinajstić information content (AvgIpc) is 2.76. The zero-order valence-electron chi connectivity index (χ0n) is 16.7. The van der Waals surface area contributed by atoms with Crippen molar-refractivity contribution in [3.8, 4) is 11.5 Å². The summed E-state index contributed by atoms with van der Waals surface area (Å²) in [5.41, 5.74) is 3.17. The van der Waals surface area contributed by atoms with Crippen molar-refractivity contribution >= 4 is 18.0 Å². The SMILES string of the molecule is CCOc1ccc(/C=C/C(=O)OCC(=O)N2CCc3ccccc3C2)cc1OC. The molecule has 1 aliphatic rings. The molecule has 0 aliphatic carbocycles.